The molecule has 138 valence electrons. The van der Waals surface area contributed by atoms with E-state index in [-0.39, 0.29) is 23.6 Å². The molecule has 5 nitrogen and oxygen atoms in total. The van der Waals surface area contributed by atoms with E-state index in [0.29, 0.717) is 17.9 Å². The third-order valence-electron chi connectivity index (χ3n) is 3.36. The maximum atomic E-state index is 12.6. The first-order chi connectivity index (χ1) is 12.5. The summed E-state index contributed by atoms with van der Waals surface area (Å²) in [5, 5.41) is 5.72. The van der Waals surface area contributed by atoms with Crippen LogP contribution in [0.4, 0.5) is 5.69 Å². The zero-order chi connectivity index (χ0) is 18.9. The fraction of sp³-hybridized carbons (Fsp3) is 0.300. The van der Waals surface area contributed by atoms with Crippen LogP contribution in [0.15, 0.2) is 53.4 Å². The van der Waals surface area contributed by atoms with Gasteiger partial charge in [0, 0.05) is 16.6 Å². The molecule has 0 bridgehead atoms. The molecule has 26 heavy (non-hydrogen) atoms. The Morgan fingerprint density at radius 1 is 1.08 bits per heavy atom. The van der Waals surface area contributed by atoms with Crippen LogP contribution < -0.4 is 15.4 Å². The first kappa shape index (κ1) is 19.8. The van der Waals surface area contributed by atoms with Gasteiger partial charge in [0.1, 0.15) is 5.75 Å². The van der Waals surface area contributed by atoms with Crippen molar-refractivity contribution in [3.63, 3.8) is 0 Å². The van der Waals surface area contributed by atoms with E-state index in [9.17, 15) is 9.59 Å². The van der Waals surface area contributed by atoms with Crippen molar-refractivity contribution in [3.8, 4) is 5.75 Å². The largest absolute Gasteiger partial charge is 0.494 e. The number of thioether (sulfide) groups is 1. The average molecular weight is 372 g/mol. The summed E-state index contributed by atoms with van der Waals surface area (Å²) >= 11 is 1.35. The smallest absolute Gasteiger partial charge is 0.256 e. The third-order valence-corrected chi connectivity index (χ3v) is 4.44. The van der Waals surface area contributed by atoms with Gasteiger partial charge >= 0.3 is 0 Å². The van der Waals surface area contributed by atoms with Crippen LogP contribution in [-0.2, 0) is 4.79 Å². The highest BCUT2D eigenvalue weighted by Gasteiger charge is 2.13. The number of anilines is 1. The Morgan fingerprint density at radius 2 is 1.77 bits per heavy atom. The number of carbonyl (C=O) groups is 2. The molecular formula is C20H24N2O3S. The summed E-state index contributed by atoms with van der Waals surface area (Å²) in [6.45, 7) is 6.36. The molecule has 0 aliphatic rings. The van der Waals surface area contributed by atoms with Crippen LogP contribution in [-0.4, -0.2) is 30.2 Å². The van der Waals surface area contributed by atoms with Gasteiger partial charge in [-0.05, 0) is 57.2 Å². The number of ether oxygens (including phenoxy) is 1. The van der Waals surface area contributed by atoms with E-state index < -0.39 is 0 Å². The molecule has 0 radical (unpaired) electrons. The van der Waals surface area contributed by atoms with Crippen LogP contribution in [0.2, 0.25) is 0 Å². The molecule has 2 N–H and O–H groups in total. The molecule has 0 spiro atoms. The van der Waals surface area contributed by atoms with Gasteiger partial charge in [0.25, 0.3) is 5.91 Å². The zero-order valence-corrected chi connectivity index (χ0v) is 16.1. The summed E-state index contributed by atoms with van der Waals surface area (Å²) in [4.78, 5) is 25.2. The molecule has 6 heteroatoms. The van der Waals surface area contributed by atoms with Crippen LogP contribution >= 0.6 is 11.8 Å². The van der Waals surface area contributed by atoms with Gasteiger partial charge in [0.2, 0.25) is 5.91 Å². The lowest BCUT2D eigenvalue weighted by Gasteiger charge is -2.11. The predicted octanol–water partition coefficient (Wildman–Crippen LogP) is 3.95. The van der Waals surface area contributed by atoms with E-state index in [1.165, 1.54) is 11.8 Å². The molecule has 2 aromatic rings. The Balaban J connectivity index is 2.03. The SMILES string of the molecule is CCOc1ccc(NC(=O)c2ccccc2SCC(=O)NC(C)C)cc1. The molecule has 0 aliphatic carbocycles. The lowest BCUT2D eigenvalue weighted by Crippen LogP contribution is -2.31. The quantitative estimate of drug-likeness (QED) is 0.689. The van der Waals surface area contributed by atoms with E-state index in [1.54, 1.807) is 18.2 Å². The van der Waals surface area contributed by atoms with E-state index in [4.69, 9.17) is 4.74 Å². The number of hydrogen-bond donors (Lipinski definition) is 2. The lowest BCUT2D eigenvalue weighted by molar-refractivity contribution is -0.119. The number of carbonyl (C=O) groups excluding carboxylic acids is 2. The highest BCUT2D eigenvalue weighted by Crippen LogP contribution is 2.24. The van der Waals surface area contributed by atoms with Crippen molar-refractivity contribution in [2.24, 2.45) is 0 Å². The number of benzene rings is 2. The average Bonchev–Trinajstić information content (AvgIpc) is 2.61. The van der Waals surface area contributed by atoms with Crippen molar-refractivity contribution in [2.45, 2.75) is 31.7 Å². The highest BCUT2D eigenvalue weighted by molar-refractivity contribution is 8.00. The Hall–Kier alpha value is -2.47. The van der Waals surface area contributed by atoms with Crippen LogP contribution in [0, 0.1) is 0 Å². The molecule has 0 aromatic heterocycles. The Bertz CT molecular complexity index is 745. The van der Waals surface area contributed by atoms with E-state index in [2.05, 4.69) is 10.6 Å². The standard InChI is InChI=1S/C20H24N2O3S/c1-4-25-16-11-9-15(10-12-16)22-20(24)17-7-5-6-8-18(17)26-13-19(23)21-14(2)3/h5-12,14H,4,13H2,1-3H3,(H,21,23)(H,22,24). The third kappa shape index (κ3) is 6.11. The van der Waals surface area contributed by atoms with Gasteiger partial charge in [-0.1, -0.05) is 12.1 Å². The summed E-state index contributed by atoms with van der Waals surface area (Å²) in [7, 11) is 0. The Labute approximate surface area is 158 Å². The molecule has 0 atom stereocenters. The number of hydrogen-bond acceptors (Lipinski definition) is 4. The number of nitrogens with one attached hydrogen (secondary N) is 2. The zero-order valence-electron chi connectivity index (χ0n) is 15.2. The molecular weight excluding hydrogens is 348 g/mol. The lowest BCUT2D eigenvalue weighted by atomic mass is 10.2. The molecule has 2 rings (SSSR count). The summed E-state index contributed by atoms with van der Waals surface area (Å²) in [6, 6.07) is 14.6. The van der Waals surface area contributed by atoms with Crippen molar-refractivity contribution in [1.82, 2.24) is 5.32 Å². The van der Waals surface area contributed by atoms with Gasteiger partial charge in [-0.2, -0.15) is 0 Å². The van der Waals surface area contributed by atoms with Crippen LogP contribution in [0.25, 0.3) is 0 Å². The Kier molecular flexibility index (Phi) is 7.53. The van der Waals surface area contributed by atoms with Crippen LogP contribution in [0.1, 0.15) is 31.1 Å². The van der Waals surface area contributed by atoms with Crippen molar-refractivity contribution in [3.05, 3.63) is 54.1 Å². The van der Waals surface area contributed by atoms with Crippen molar-refractivity contribution in [2.75, 3.05) is 17.7 Å². The second-order valence-electron chi connectivity index (χ2n) is 5.92. The van der Waals surface area contributed by atoms with Crippen molar-refractivity contribution in [1.29, 1.82) is 0 Å². The molecule has 0 saturated heterocycles. The highest BCUT2D eigenvalue weighted by atomic mass is 32.2. The van der Waals surface area contributed by atoms with Gasteiger partial charge in [0.05, 0.1) is 17.9 Å². The summed E-state index contributed by atoms with van der Waals surface area (Å²) in [5.41, 5.74) is 1.24. The van der Waals surface area contributed by atoms with Crippen LogP contribution in [0.5, 0.6) is 5.75 Å². The molecule has 0 aliphatic heterocycles. The minimum atomic E-state index is -0.207. The van der Waals surface area contributed by atoms with Crippen molar-refractivity contribution < 1.29 is 14.3 Å². The van der Waals surface area contributed by atoms with E-state index >= 15 is 0 Å². The molecule has 2 amide bonds. The number of amides is 2. The molecule has 0 heterocycles. The van der Waals surface area contributed by atoms with Gasteiger partial charge in [-0.25, -0.2) is 0 Å². The minimum Gasteiger partial charge on any atom is -0.494 e. The van der Waals surface area contributed by atoms with Gasteiger partial charge in [-0.3, -0.25) is 9.59 Å². The summed E-state index contributed by atoms with van der Waals surface area (Å²) in [6.07, 6.45) is 0. The maximum absolute atomic E-state index is 12.6. The topological polar surface area (TPSA) is 67.4 Å². The van der Waals surface area contributed by atoms with Crippen molar-refractivity contribution >= 4 is 29.3 Å². The number of rotatable bonds is 8. The minimum absolute atomic E-state index is 0.0493. The molecule has 0 fully saturated rings. The predicted molar refractivity (Wildman–Crippen MR) is 106 cm³/mol. The second kappa shape index (κ2) is 9.87. The van der Waals surface area contributed by atoms with Gasteiger partial charge in [0.15, 0.2) is 0 Å². The second-order valence-corrected chi connectivity index (χ2v) is 6.94. The molecule has 2 aromatic carbocycles. The van der Waals surface area contributed by atoms with Gasteiger partial charge in [-0.15, -0.1) is 11.8 Å². The van der Waals surface area contributed by atoms with Crippen LogP contribution in [0.3, 0.4) is 0 Å². The normalized spacial score (nSPS) is 10.5. The fourth-order valence-corrected chi connectivity index (χ4v) is 3.15. The first-order valence-corrected chi connectivity index (χ1v) is 9.53. The van der Waals surface area contributed by atoms with E-state index in [1.807, 2.05) is 51.1 Å². The monoisotopic (exact) mass is 372 g/mol. The van der Waals surface area contributed by atoms with Gasteiger partial charge < -0.3 is 15.4 Å². The summed E-state index contributed by atoms with van der Waals surface area (Å²) < 4.78 is 5.40. The first-order valence-electron chi connectivity index (χ1n) is 8.55. The summed E-state index contributed by atoms with van der Waals surface area (Å²) in [5.74, 6) is 0.775. The maximum Gasteiger partial charge on any atom is 0.256 e. The Morgan fingerprint density at radius 3 is 2.42 bits per heavy atom. The fourth-order valence-electron chi connectivity index (χ4n) is 2.29. The molecule has 0 unspecified atom stereocenters. The van der Waals surface area contributed by atoms with E-state index in [0.717, 1.165) is 10.6 Å². The molecule has 0 saturated carbocycles.